The minimum absolute atomic E-state index is 0.190. The van der Waals surface area contributed by atoms with Crippen LogP contribution in [-0.4, -0.2) is 30.9 Å². The molecule has 0 saturated carbocycles. The van der Waals surface area contributed by atoms with Crippen molar-refractivity contribution in [1.29, 1.82) is 0 Å². The summed E-state index contributed by atoms with van der Waals surface area (Å²) in [7, 11) is 1.57. The third-order valence-corrected chi connectivity index (χ3v) is 4.07. The van der Waals surface area contributed by atoms with Crippen molar-refractivity contribution < 1.29 is 14.6 Å². The Kier molecular flexibility index (Phi) is 8.24. The lowest BCUT2D eigenvalue weighted by molar-refractivity contribution is 0.104. The Balaban J connectivity index is 2.60. The van der Waals surface area contributed by atoms with Gasteiger partial charge in [0.2, 0.25) is 0 Å². The van der Waals surface area contributed by atoms with Crippen LogP contribution in [0.3, 0.4) is 0 Å². The molecule has 1 rings (SSSR count). The maximum Gasteiger partial charge on any atom is 0.319 e. The third kappa shape index (κ3) is 5.48. The number of aliphatic hydroxyl groups excluding tert-OH is 1. The Morgan fingerprint density at radius 1 is 1.36 bits per heavy atom. The molecule has 0 heterocycles. The molecule has 124 valence electrons. The fraction of sp³-hybridized carbons (Fsp3) is 0.562. The molecule has 0 fully saturated rings. The summed E-state index contributed by atoms with van der Waals surface area (Å²) >= 11 is 6.11. The van der Waals surface area contributed by atoms with Crippen molar-refractivity contribution in [3.05, 3.63) is 28.8 Å². The number of ether oxygens (including phenoxy) is 1. The molecule has 3 N–H and O–H groups in total. The van der Waals surface area contributed by atoms with E-state index in [4.69, 9.17) is 16.3 Å². The minimum Gasteiger partial charge on any atom is -0.391 e. The average Bonchev–Trinajstić information content (AvgIpc) is 2.50. The Bertz CT molecular complexity index is 478. The van der Waals surface area contributed by atoms with E-state index in [1.54, 1.807) is 25.3 Å². The van der Waals surface area contributed by atoms with Crippen LogP contribution in [0.25, 0.3) is 0 Å². The number of urea groups is 1. The Labute approximate surface area is 137 Å². The van der Waals surface area contributed by atoms with Crippen LogP contribution in [0, 0.1) is 5.92 Å². The van der Waals surface area contributed by atoms with Crippen LogP contribution in [0.5, 0.6) is 0 Å². The first-order valence-corrected chi connectivity index (χ1v) is 7.90. The van der Waals surface area contributed by atoms with Crippen molar-refractivity contribution in [2.45, 2.75) is 39.4 Å². The highest BCUT2D eigenvalue weighted by molar-refractivity contribution is 6.31. The van der Waals surface area contributed by atoms with Crippen molar-refractivity contribution in [3.63, 3.8) is 0 Å². The van der Waals surface area contributed by atoms with Crippen LogP contribution >= 0.6 is 11.6 Å². The molecule has 0 saturated heterocycles. The molecule has 0 aliphatic heterocycles. The number of rotatable bonds is 8. The summed E-state index contributed by atoms with van der Waals surface area (Å²) in [4.78, 5) is 12.0. The number of hydrogen-bond acceptors (Lipinski definition) is 3. The standard InChI is InChI=1S/C16H25ClN2O3/c1-4-11(5-2)15(20)9-18-16(21)19-14-8-6-7-13(17)12(14)10-22-3/h6-8,11,15,20H,4-5,9-10H2,1-3H3,(H2,18,19,21). The number of nitrogens with one attached hydrogen (secondary N) is 2. The summed E-state index contributed by atoms with van der Waals surface area (Å²) in [5.41, 5.74) is 1.33. The van der Waals surface area contributed by atoms with Gasteiger partial charge in [-0.05, 0) is 18.1 Å². The predicted molar refractivity (Wildman–Crippen MR) is 89.3 cm³/mol. The van der Waals surface area contributed by atoms with Crippen molar-refractivity contribution in [2.75, 3.05) is 19.0 Å². The zero-order valence-electron chi connectivity index (χ0n) is 13.4. The predicted octanol–water partition coefficient (Wildman–Crippen LogP) is 3.41. The number of hydrogen-bond donors (Lipinski definition) is 3. The zero-order chi connectivity index (χ0) is 16.5. The maximum atomic E-state index is 12.0. The van der Waals surface area contributed by atoms with E-state index >= 15 is 0 Å². The topological polar surface area (TPSA) is 70.6 Å². The molecule has 1 unspecified atom stereocenters. The van der Waals surface area contributed by atoms with Gasteiger partial charge in [0, 0.05) is 29.9 Å². The van der Waals surface area contributed by atoms with E-state index in [9.17, 15) is 9.90 Å². The van der Waals surface area contributed by atoms with E-state index in [2.05, 4.69) is 10.6 Å². The van der Waals surface area contributed by atoms with Gasteiger partial charge in [-0.25, -0.2) is 4.79 Å². The van der Waals surface area contributed by atoms with E-state index in [1.807, 2.05) is 13.8 Å². The number of methoxy groups -OCH3 is 1. The van der Waals surface area contributed by atoms with Crippen LogP contribution in [0.15, 0.2) is 18.2 Å². The zero-order valence-corrected chi connectivity index (χ0v) is 14.1. The lowest BCUT2D eigenvalue weighted by atomic mass is 9.97. The number of halogens is 1. The van der Waals surface area contributed by atoms with Crippen molar-refractivity contribution in [3.8, 4) is 0 Å². The monoisotopic (exact) mass is 328 g/mol. The molecular weight excluding hydrogens is 304 g/mol. The van der Waals surface area contributed by atoms with Gasteiger partial charge in [0.15, 0.2) is 0 Å². The van der Waals surface area contributed by atoms with Crippen molar-refractivity contribution in [2.24, 2.45) is 5.92 Å². The molecule has 0 spiro atoms. The molecule has 22 heavy (non-hydrogen) atoms. The van der Waals surface area contributed by atoms with Crippen molar-refractivity contribution in [1.82, 2.24) is 5.32 Å². The summed E-state index contributed by atoms with van der Waals surface area (Å²) < 4.78 is 5.09. The van der Waals surface area contributed by atoms with E-state index in [0.717, 1.165) is 18.4 Å². The number of carbonyl (C=O) groups is 1. The molecule has 0 bridgehead atoms. The van der Waals surface area contributed by atoms with Gasteiger partial charge in [0.25, 0.3) is 0 Å². The first kappa shape index (κ1) is 18.7. The highest BCUT2D eigenvalue weighted by Gasteiger charge is 2.16. The number of benzene rings is 1. The average molecular weight is 329 g/mol. The minimum atomic E-state index is -0.543. The van der Waals surface area contributed by atoms with Gasteiger partial charge in [-0.15, -0.1) is 0 Å². The molecule has 5 nitrogen and oxygen atoms in total. The number of anilines is 1. The van der Waals surface area contributed by atoms with Gasteiger partial charge >= 0.3 is 6.03 Å². The molecule has 1 aromatic rings. The van der Waals surface area contributed by atoms with Gasteiger partial charge in [0.05, 0.1) is 12.7 Å². The third-order valence-electron chi connectivity index (χ3n) is 3.72. The quantitative estimate of drug-likeness (QED) is 0.685. The maximum absolute atomic E-state index is 12.0. The Morgan fingerprint density at radius 2 is 2.05 bits per heavy atom. The number of carbonyl (C=O) groups excluding carboxylic acids is 1. The van der Waals surface area contributed by atoms with E-state index in [1.165, 1.54) is 0 Å². The highest BCUT2D eigenvalue weighted by atomic mass is 35.5. The fourth-order valence-corrected chi connectivity index (χ4v) is 2.56. The summed E-state index contributed by atoms with van der Waals surface area (Å²) in [6.45, 7) is 4.59. The van der Waals surface area contributed by atoms with Crippen LogP contribution < -0.4 is 10.6 Å². The summed E-state index contributed by atoms with van der Waals surface area (Å²) in [6.07, 6.45) is 1.22. The first-order valence-electron chi connectivity index (χ1n) is 7.52. The molecule has 0 aliphatic rings. The molecule has 1 atom stereocenters. The van der Waals surface area contributed by atoms with Gasteiger partial charge < -0.3 is 20.5 Å². The largest absolute Gasteiger partial charge is 0.391 e. The highest BCUT2D eigenvalue weighted by Crippen LogP contribution is 2.25. The second-order valence-electron chi connectivity index (χ2n) is 5.18. The molecule has 2 amide bonds. The van der Waals surface area contributed by atoms with E-state index < -0.39 is 6.10 Å². The summed E-state index contributed by atoms with van der Waals surface area (Å²) in [5.74, 6) is 0.190. The summed E-state index contributed by atoms with van der Waals surface area (Å²) in [5, 5.41) is 16.0. The van der Waals surface area contributed by atoms with E-state index in [0.29, 0.717) is 17.3 Å². The van der Waals surface area contributed by atoms with Crippen molar-refractivity contribution >= 4 is 23.3 Å². The molecule has 0 aliphatic carbocycles. The van der Waals surface area contributed by atoms with Gasteiger partial charge in [-0.1, -0.05) is 44.4 Å². The molecular formula is C16H25ClN2O3. The fourth-order valence-electron chi connectivity index (χ4n) is 2.33. The second kappa shape index (κ2) is 9.66. The number of amides is 2. The summed E-state index contributed by atoms with van der Waals surface area (Å²) in [6, 6.07) is 4.90. The van der Waals surface area contributed by atoms with Crippen LogP contribution in [0.2, 0.25) is 5.02 Å². The van der Waals surface area contributed by atoms with Gasteiger partial charge in [0.1, 0.15) is 0 Å². The second-order valence-corrected chi connectivity index (χ2v) is 5.59. The van der Waals surface area contributed by atoms with Crippen LogP contribution in [0.1, 0.15) is 32.3 Å². The molecule has 6 heteroatoms. The van der Waals surface area contributed by atoms with Gasteiger partial charge in [-0.3, -0.25) is 0 Å². The smallest absolute Gasteiger partial charge is 0.319 e. The normalized spacial score (nSPS) is 12.3. The lowest BCUT2D eigenvalue weighted by Crippen LogP contribution is -2.38. The Morgan fingerprint density at radius 3 is 2.64 bits per heavy atom. The first-order chi connectivity index (χ1) is 10.5. The Hall–Kier alpha value is -1.30. The van der Waals surface area contributed by atoms with Crippen LogP contribution in [-0.2, 0) is 11.3 Å². The molecule has 0 aromatic heterocycles. The molecule has 1 aromatic carbocycles. The SMILES string of the molecule is CCC(CC)C(O)CNC(=O)Nc1cccc(Cl)c1COC. The van der Waals surface area contributed by atoms with E-state index in [-0.39, 0.29) is 18.5 Å². The van der Waals surface area contributed by atoms with Crippen LogP contribution in [0.4, 0.5) is 10.5 Å². The molecule has 0 radical (unpaired) electrons. The van der Waals surface area contributed by atoms with Gasteiger partial charge in [-0.2, -0.15) is 0 Å². The number of aliphatic hydroxyl groups is 1. The lowest BCUT2D eigenvalue weighted by Gasteiger charge is -2.20.